The van der Waals surface area contributed by atoms with Crippen molar-refractivity contribution in [2.75, 3.05) is 36.0 Å². The molecule has 28 heavy (non-hydrogen) atoms. The van der Waals surface area contributed by atoms with Crippen molar-refractivity contribution in [3.8, 4) is 11.3 Å². The molecule has 10 heteroatoms. The largest absolute Gasteiger partial charge is 0.343 e. The van der Waals surface area contributed by atoms with Crippen LogP contribution in [0.3, 0.4) is 0 Å². The Labute approximate surface area is 175 Å². The zero-order valence-electron chi connectivity index (χ0n) is 15.2. The first kappa shape index (κ1) is 17.8. The van der Waals surface area contributed by atoms with E-state index >= 15 is 0 Å². The quantitative estimate of drug-likeness (QED) is 0.489. The molecule has 4 heterocycles. The minimum absolute atomic E-state index is 0.726. The predicted molar refractivity (Wildman–Crippen MR) is 115 cm³/mol. The van der Waals surface area contributed by atoms with Crippen LogP contribution in [0.5, 0.6) is 0 Å². The highest BCUT2D eigenvalue weighted by atomic mass is 35.5. The number of hydrogen-bond donors (Lipinski definition) is 0. The van der Waals surface area contributed by atoms with E-state index in [-0.39, 0.29) is 0 Å². The third kappa shape index (κ3) is 3.34. The van der Waals surface area contributed by atoms with Crippen molar-refractivity contribution in [2.24, 2.45) is 0 Å². The molecule has 144 valence electrons. The van der Waals surface area contributed by atoms with E-state index in [0.717, 1.165) is 69.9 Å². The Morgan fingerprint density at radius 1 is 1.00 bits per heavy atom. The first-order valence-electron chi connectivity index (χ1n) is 9.14. The molecule has 7 nitrogen and oxygen atoms in total. The Kier molecular flexibility index (Phi) is 4.65. The van der Waals surface area contributed by atoms with Crippen LogP contribution in [0.1, 0.15) is 12.7 Å². The summed E-state index contributed by atoms with van der Waals surface area (Å²) >= 11 is 9.09. The lowest BCUT2D eigenvalue weighted by Gasteiger charge is -2.33. The van der Waals surface area contributed by atoms with Gasteiger partial charge in [0.05, 0.1) is 11.9 Å². The number of hydrogen-bond acceptors (Lipinski definition) is 8. The fourth-order valence-corrected chi connectivity index (χ4v) is 5.04. The summed E-state index contributed by atoms with van der Waals surface area (Å²) in [6.07, 6.45) is 2.86. The highest BCUT2D eigenvalue weighted by molar-refractivity contribution is 7.20. The van der Waals surface area contributed by atoms with E-state index in [2.05, 4.69) is 26.1 Å². The maximum atomic E-state index is 5.97. The Morgan fingerprint density at radius 3 is 2.36 bits per heavy atom. The average molecular weight is 432 g/mol. The maximum Gasteiger partial charge on any atom is 0.214 e. The molecule has 0 atom stereocenters. The van der Waals surface area contributed by atoms with Crippen LogP contribution in [0.2, 0.25) is 5.02 Å². The summed E-state index contributed by atoms with van der Waals surface area (Å²) in [5.74, 6) is 0.931. The summed E-state index contributed by atoms with van der Waals surface area (Å²) in [5, 5.41) is 7.51. The lowest BCUT2D eigenvalue weighted by Crippen LogP contribution is -2.46. The minimum atomic E-state index is 0.726. The van der Waals surface area contributed by atoms with Crippen molar-refractivity contribution < 1.29 is 0 Å². The van der Waals surface area contributed by atoms with Gasteiger partial charge in [-0.3, -0.25) is 0 Å². The molecule has 1 aromatic carbocycles. The molecule has 5 rings (SSSR count). The Bertz CT molecular complexity index is 1060. The van der Waals surface area contributed by atoms with Gasteiger partial charge in [-0.15, -0.1) is 5.10 Å². The molecule has 1 aliphatic heterocycles. The van der Waals surface area contributed by atoms with Crippen molar-refractivity contribution >= 4 is 49.7 Å². The first-order chi connectivity index (χ1) is 13.7. The maximum absolute atomic E-state index is 5.97. The third-order valence-corrected chi connectivity index (χ3v) is 6.82. The van der Waals surface area contributed by atoms with Crippen LogP contribution in [-0.4, -0.2) is 50.1 Å². The summed E-state index contributed by atoms with van der Waals surface area (Å²) in [6.45, 7) is 5.77. The van der Waals surface area contributed by atoms with Crippen molar-refractivity contribution in [1.29, 1.82) is 0 Å². The number of halogens is 1. The number of aryl methyl sites for hydroxylation is 1. The van der Waals surface area contributed by atoms with Crippen LogP contribution < -0.4 is 9.80 Å². The lowest BCUT2D eigenvalue weighted by atomic mass is 10.2. The zero-order chi connectivity index (χ0) is 19.1. The highest BCUT2D eigenvalue weighted by Crippen LogP contribution is 2.28. The van der Waals surface area contributed by atoms with Gasteiger partial charge in [0, 0.05) is 54.7 Å². The standard InChI is InChI=1S/C18H18ClN7S2/c1-2-15-21-16(28-23-15)24-7-9-25(10-8-24)18-22-26-11-14(20-17(26)27-18)12-3-5-13(19)6-4-12/h3-6,11H,2,7-10H2,1H3. The minimum Gasteiger partial charge on any atom is -0.343 e. The van der Waals surface area contributed by atoms with E-state index < -0.39 is 0 Å². The molecule has 0 saturated carbocycles. The number of rotatable bonds is 4. The van der Waals surface area contributed by atoms with Gasteiger partial charge >= 0.3 is 0 Å². The SMILES string of the molecule is CCc1nsc(N2CCN(c3nn4cc(-c5ccc(Cl)cc5)nc4s3)CC2)n1. The molecule has 1 aliphatic rings. The van der Waals surface area contributed by atoms with Gasteiger partial charge in [0.1, 0.15) is 5.82 Å². The molecule has 0 spiro atoms. The second-order valence-electron chi connectivity index (χ2n) is 6.57. The van der Waals surface area contributed by atoms with Gasteiger partial charge in [0.2, 0.25) is 15.2 Å². The normalized spacial score (nSPS) is 14.9. The topological polar surface area (TPSA) is 62.5 Å². The fraction of sp³-hybridized carbons (Fsp3) is 0.333. The number of imidazole rings is 1. The molecule has 1 saturated heterocycles. The van der Waals surface area contributed by atoms with Gasteiger partial charge in [-0.2, -0.15) is 4.37 Å². The first-order valence-corrected chi connectivity index (χ1v) is 11.1. The molecule has 3 aromatic heterocycles. The van der Waals surface area contributed by atoms with Crippen molar-refractivity contribution in [3.05, 3.63) is 41.3 Å². The van der Waals surface area contributed by atoms with Crippen molar-refractivity contribution in [2.45, 2.75) is 13.3 Å². The van der Waals surface area contributed by atoms with E-state index in [4.69, 9.17) is 21.7 Å². The zero-order valence-corrected chi connectivity index (χ0v) is 17.6. The number of piperazine rings is 1. The van der Waals surface area contributed by atoms with Gasteiger partial charge in [0.25, 0.3) is 0 Å². The smallest absolute Gasteiger partial charge is 0.214 e. The Balaban J connectivity index is 1.29. The van der Waals surface area contributed by atoms with Gasteiger partial charge in [-0.05, 0) is 12.1 Å². The Hall–Kier alpha value is -2.23. The van der Waals surface area contributed by atoms with Gasteiger partial charge in [0.15, 0.2) is 0 Å². The molecule has 0 unspecified atom stereocenters. The molecule has 0 bridgehead atoms. The number of benzene rings is 1. The molecular formula is C18H18ClN7S2. The summed E-state index contributed by atoms with van der Waals surface area (Å²) < 4.78 is 6.26. The number of nitrogens with zero attached hydrogens (tertiary/aromatic N) is 7. The monoisotopic (exact) mass is 431 g/mol. The summed E-state index contributed by atoms with van der Waals surface area (Å²) in [5.41, 5.74) is 1.95. The van der Waals surface area contributed by atoms with E-state index in [1.807, 2.05) is 35.0 Å². The second kappa shape index (κ2) is 7.31. The number of anilines is 2. The molecule has 0 amide bonds. The summed E-state index contributed by atoms with van der Waals surface area (Å²) in [6, 6.07) is 7.72. The summed E-state index contributed by atoms with van der Waals surface area (Å²) in [7, 11) is 0. The molecule has 4 aromatic rings. The molecule has 0 aliphatic carbocycles. The average Bonchev–Trinajstić information content (AvgIpc) is 3.43. The number of aromatic nitrogens is 5. The third-order valence-electron chi connectivity index (χ3n) is 4.77. The van der Waals surface area contributed by atoms with Crippen LogP contribution in [0.15, 0.2) is 30.5 Å². The van der Waals surface area contributed by atoms with Gasteiger partial charge < -0.3 is 9.80 Å². The van der Waals surface area contributed by atoms with Gasteiger partial charge in [-0.25, -0.2) is 14.5 Å². The fourth-order valence-electron chi connectivity index (χ4n) is 3.18. The van der Waals surface area contributed by atoms with E-state index in [0.29, 0.717) is 0 Å². The van der Waals surface area contributed by atoms with Crippen LogP contribution in [0, 0.1) is 0 Å². The predicted octanol–water partition coefficient (Wildman–Crippen LogP) is 3.85. The van der Waals surface area contributed by atoms with Crippen LogP contribution in [-0.2, 0) is 6.42 Å². The van der Waals surface area contributed by atoms with Crippen LogP contribution in [0.25, 0.3) is 16.2 Å². The molecule has 0 N–H and O–H groups in total. The van der Waals surface area contributed by atoms with E-state index in [1.54, 1.807) is 11.3 Å². The van der Waals surface area contributed by atoms with Gasteiger partial charge in [-0.1, -0.05) is 42.0 Å². The van der Waals surface area contributed by atoms with E-state index in [1.165, 1.54) is 11.5 Å². The highest BCUT2D eigenvalue weighted by Gasteiger charge is 2.23. The second-order valence-corrected chi connectivity index (χ2v) is 8.67. The lowest BCUT2D eigenvalue weighted by molar-refractivity contribution is 0.646. The van der Waals surface area contributed by atoms with Crippen LogP contribution >= 0.6 is 34.5 Å². The van der Waals surface area contributed by atoms with Crippen molar-refractivity contribution in [3.63, 3.8) is 0 Å². The Morgan fingerprint density at radius 2 is 1.71 bits per heavy atom. The van der Waals surface area contributed by atoms with E-state index in [9.17, 15) is 0 Å². The molecule has 0 radical (unpaired) electrons. The molecule has 1 fully saturated rings. The number of fused-ring (bicyclic) bond motifs is 1. The van der Waals surface area contributed by atoms with Crippen LogP contribution in [0.4, 0.5) is 10.3 Å². The summed E-state index contributed by atoms with van der Waals surface area (Å²) in [4.78, 5) is 14.9. The molecular weight excluding hydrogens is 414 g/mol. The van der Waals surface area contributed by atoms with Crippen molar-refractivity contribution in [1.82, 2.24) is 24.0 Å².